The normalized spacial score (nSPS) is 16.3. The molecule has 0 bridgehead atoms. The minimum absolute atomic E-state index is 0.0160. The van der Waals surface area contributed by atoms with Crippen LogP contribution in [0.3, 0.4) is 0 Å². The van der Waals surface area contributed by atoms with E-state index in [-0.39, 0.29) is 33.2 Å². The van der Waals surface area contributed by atoms with Crippen molar-refractivity contribution in [2.45, 2.75) is 13.0 Å². The number of urea groups is 1. The summed E-state index contributed by atoms with van der Waals surface area (Å²) in [5.41, 5.74) is 2.05. The van der Waals surface area contributed by atoms with E-state index >= 15 is 0 Å². The van der Waals surface area contributed by atoms with Crippen LogP contribution in [0.25, 0.3) is 0 Å². The Hall–Kier alpha value is -3.10. The van der Waals surface area contributed by atoms with Gasteiger partial charge in [0.2, 0.25) is 0 Å². The fourth-order valence-corrected chi connectivity index (χ4v) is 3.13. The molecule has 0 saturated carbocycles. The molecule has 2 aromatic rings. The number of aromatic hydroxyl groups is 1. The lowest BCUT2D eigenvalue weighted by Gasteiger charge is -2.25. The van der Waals surface area contributed by atoms with Crippen molar-refractivity contribution in [1.82, 2.24) is 10.5 Å². The molecule has 0 saturated heterocycles. The van der Waals surface area contributed by atoms with Crippen molar-refractivity contribution in [1.29, 1.82) is 0 Å². The van der Waals surface area contributed by atoms with Crippen LogP contribution in [0.1, 0.15) is 28.9 Å². The number of nitrogens with one attached hydrogen (secondary N) is 1. The standard InChI is InChI=1S/C18H15ClFN3O4/c1-9-14(17(25)10-5-7-11(24)8-6-10)16(23(27-9)18(26)22-21)15-12(19)3-2-4-13(15)20/h2-8,16,24H,21H2,1H3,(H,22,26). The Balaban J connectivity index is 2.15. The number of ketones is 1. The van der Waals surface area contributed by atoms with E-state index in [9.17, 15) is 19.1 Å². The molecule has 1 aliphatic rings. The molecule has 1 atom stereocenters. The van der Waals surface area contributed by atoms with Crippen LogP contribution in [0.4, 0.5) is 9.18 Å². The van der Waals surface area contributed by atoms with Crippen molar-refractivity contribution >= 4 is 23.4 Å². The maximum absolute atomic E-state index is 14.6. The van der Waals surface area contributed by atoms with Crippen LogP contribution < -0.4 is 11.3 Å². The molecule has 0 fully saturated rings. The van der Waals surface area contributed by atoms with Crippen molar-refractivity contribution in [3.63, 3.8) is 0 Å². The van der Waals surface area contributed by atoms with Gasteiger partial charge in [-0.2, -0.15) is 0 Å². The fourth-order valence-electron chi connectivity index (χ4n) is 2.87. The number of hydrogen-bond acceptors (Lipinski definition) is 5. The number of hydrazine groups is 1. The van der Waals surface area contributed by atoms with Gasteiger partial charge in [0.15, 0.2) is 5.78 Å². The maximum atomic E-state index is 14.6. The predicted octanol–water partition coefficient (Wildman–Crippen LogP) is 3.21. The van der Waals surface area contributed by atoms with Gasteiger partial charge in [-0.05, 0) is 43.3 Å². The average molecular weight is 392 g/mol. The molecule has 4 N–H and O–H groups in total. The predicted molar refractivity (Wildman–Crippen MR) is 94.9 cm³/mol. The zero-order valence-electron chi connectivity index (χ0n) is 14.1. The molecule has 1 aliphatic heterocycles. The maximum Gasteiger partial charge on any atom is 0.365 e. The van der Waals surface area contributed by atoms with E-state index in [1.54, 1.807) is 0 Å². The second-order valence-electron chi connectivity index (χ2n) is 5.75. The van der Waals surface area contributed by atoms with Gasteiger partial charge in [-0.15, -0.1) is 5.06 Å². The third-order valence-corrected chi connectivity index (χ3v) is 4.42. The molecule has 2 aromatic carbocycles. The number of carbonyl (C=O) groups excluding carboxylic acids is 2. The molecule has 1 heterocycles. The largest absolute Gasteiger partial charge is 0.508 e. The molecule has 27 heavy (non-hydrogen) atoms. The van der Waals surface area contributed by atoms with Crippen LogP contribution >= 0.6 is 11.6 Å². The number of Topliss-reactive ketones (excluding diaryl/α,β-unsaturated/α-hetero) is 1. The molecule has 0 aliphatic carbocycles. The highest BCUT2D eigenvalue weighted by Crippen LogP contribution is 2.43. The van der Waals surface area contributed by atoms with E-state index in [1.807, 2.05) is 5.43 Å². The van der Waals surface area contributed by atoms with E-state index < -0.39 is 23.7 Å². The minimum atomic E-state index is -1.25. The first-order valence-corrected chi connectivity index (χ1v) is 8.19. The number of halogens is 2. The molecule has 0 spiro atoms. The average Bonchev–Trinajstić information content (AvgIpc) is 2.98. The van der Waals surface area contributed by atoms with Gasteiger partial charge in [0.25, 0.3) is 0 Å². The minimum Gasteiger partial charge on any atom is -0.508 e. The van der Waals surface area contributed by atoms with Gasteiger partial charge in [0.1, 0.15) is 23.4 Å². The Morgan fingerprint density at radius 2 is 1.93 bits per heavy atom. The zero-order chi connectivity index (χ0) is 19.7. The number of benzene rings is 2. The van der Waals surface area contributed by atoms with Gasteiger partial charge < -0.3 is 9.94 Å². The second kappa shape index (κ2) is 7.26. The van der Waals surface area contributed by atoms with Crippen LogP contribution in [0, 0.1) is 5.82 Å². The molecule has 2 amide bonds. The Kier molecular flexibility index (Phi) is 5.02. The van der Waals surface area contributed by atoms with Crippen molar-refractivity contribution in [3.8, 4) is 5.75 Å². The van der Waals surface area contributed by atoms with Gasteiger partial charge in [-0.25, -0.2) is 15.0 Å². The number of hydrogen-bond donors (Lipinski definition) is 3. The third kappa shape index (κ3) is 3.32. The summed E-state index contributed by atoms with van der Waals surface area (Å²) in [6.07, 6.45) is 0. The monoisotopic (exact) mass is 391 g/mol. The number of hydroxylamine groups is 2. The molecule has 1 unspecified atom stereocenters. The smallest absolute Gasteiger partial charge is 0.365 e. The first-order valence-electron chi connectivity index (χ1n) is 7.81. The van der Waals surface area contributed by atoms with E-state index in [0.29, 0.717) is 0 Å². The Morgan fingerprint density at radius 1 is 1.26 bits per heavy atom. The quantitative estimate of drug-likeness (QED) is 0.322. The summed E-state index contributed by atoms with van der Waals surface area (Å²) >= 11 is 6.16. The summed E-state index contributed by atoms with van der Waals surface area (Å²) in [4.78, 5) is 30.6. The number of phenols is 1. The highest BCUT2D eigenvalue weighted by atomic mass is 35.5. The van der Waals surface area contributed by atoms with Crippen LogP contribution in [-0.2, 0) is 4.84 Å². The molecule has 9 heteroatoms. The molecule has 7 nitrogen and oxygen atoms in total. The summed E-state index contributed by atoms with van der Waals surface area (Å²) in [5.74, 6) is 4.04. The van der Waals surface area contributed by atoms with E-state index in [0.717, 1.165) is 11.1 Å². The molecule has 140 valence electrons. The van der Waals surface area contributed by atoms with Crippen LogP contribution in [0.2, 0.25) is 5.02 Å². The lowest BCUT2D eigenvalue weighted by atomic mass is 9.91. The van der Waals surface area contributed by atoms with Gasteiger partial charge >= 0.3 is 6.03 Å². The summed E-state index contributed by atoms with van der Waals surface area (Å²) in [6.45, 7) is 1.47. The van der Waals surface area contributed by atoms with Crippen molar-refractivity contribution in [2.24, 2.45) is 5.84 Å². The number of amides is 2. The summed E-state index contributed by atoms with van der Waals surface area (Å²) in [7, 11) is 0. The van der Waals surface area contributed by atoms with E-state index in [4.69, 9.17) is 22.3 Å². The number of carbonyl (C=O) groups is 2. The first kappa shape index (κ1) is 18.7. The van der Waals surface area contributed by atoms with Crippen LogP contribution in [-0.4, -0.2) is 22.0 Å². The molecular weight excluding hydrogens is 377 g/mol. The number of nitrogens with zero attached hydrogens (tertiary/aromatic N) is 1. The molecule has 0 aromatic heterocycles. The third-order valence-electron chi connectivity index (χ3n) is 4.09. The molecule has 0 radical (unpaired) electrons. The van der Waals surface area contributed by atoms with Gasteiger partial charge in [-0.3, -0.25) is 10.2 Å². The first-order chi connectivity index (χ1) is 12.8. The highest BCUT2D eigenvalue weighted by Gasteiger charge is 2.43. The number of rotatable bonds is 3. The number of nitrogens with two attached hydrogens (primary N) is 1. The molecular formula is C18H15ClFN3O4. The Morgan fingerprint density at radius 3 is 2.52 bits per heavy atom. The van der Waals surface area contributed by atoms with Crippen molar-refractivity contribution in [2.75, 3.05) is 0 Å². The van der Waals surface area contributed by atoms with Gasteiger partial charge in [-0.1, -0.05) is 17.7 Å². The Bertz CT molecular complexity index is 926. The SMILES string of the molecule is CC1=C(C(=O)c2ccc(O)cc2)C(c2c(F)cccc2Cl)N(C(=O)NN)O1. The van der Waals surface area contributed by atoms with Crippen LogP contribution in [0.15, 0.2) is 53.8 Å². The summed E-state index contributed by atoms with van der Waals surface area (Å²) in [5, 5.41) is 10.2. The van der Waals surface area contributed by atoms with E-state index in [1.165, 1.54) is 43.3 Å². The summed E-state index contributed by atoms with van der Waals surface area (Å²) < 4.78 is 14.6. The lowest BCUT2D eigenvalue weighted by Crippen LogP contribution is -2.43. The van der Waals surface area contributed by atoms with Gasteiger partial charge in [0, 0.05) is 16.1 Å². The zero-order valence-corrected chi connectivity index (χ0v) is 14.8. The number of phenolic OH excluding ortho intramolecular Hbond substituents is 1. The van der Waals surface area contributed by atoms with Crippen molar-refractivity contribution in [3.05, 3.63) is 75.8 Å². The fraction of sp³-hybridized carbons (Fsp3) is 0.111. The van der Waals surface area contributed by atoms with Crippen molar-refractivity contribution < 1.29 is 23.9 Å². The summed E-state index contributed by atoms with van der Waals surface area (Å²) in [6, 6.07) is 7.37. The van der Waals surface area contributed by atoms with Gasteiger partial charge in [0.05, 0.1) is 5.57 Å². The second-order valence-corrected chi connectivity index (χ2v) is 6.16. The highest BCUT2D eigenvalue weighted by molar-refractivity contribution is 6.31. The lowest BCUT2D eigenvalue weighted by molar-refractivity contribution is -0.0726. The Labute approximate surface area is 158 Å². The number of allylic oxidation sites excluding steroid dienone is 1. The van der Waals surface area contributed by atoms with E-state index in [2.05, 4.69) is 0 Å². The topological polar surface area (TPSA) is 105 Å². The van der Waals surface area contributed by atoms with Crippen LogP contribution in [0.5, 0.6) is 5.75 Å². The molecule has 3 rings (SSSR count).